The van der Waals surface area contributed by atoms with E-state index in [9.17, 15) is 4.89 Å². The molecular weight excluding hydrogens is 199 g/mol. The molecule has 0 saturated heterocycles. The fourth-order valence-corrected chi connectivity index (χ4v) is 1.23. The Balaban J connectivity index is 2.69. The van der Waals surface area contributed by atoms with Gasteiger partial charge in [-0.05, 0) is 18.6 Å². The SMILES string of the molecule is Cc1ccccc1OP([O-])OCl. The van der Waals surface area contributed by atoms with Crippen LogP contribution in [0.4, 0.5) is 0 Å². The van der Waals surface area contributed by atoms with Gasteiger partial charge in [0.1, 0.15) is 5.75 Å². The molecule has 1 aromatic rings. The van der Waals surface area contributed by atoms with Crippen molar-refractivity contribution in [2.75, 3.05) is 0 Å². The van der Waals surface area contributed by atoms with Crippen molar-refractivity contribution in [1.82, 2.24) is 0 Å². The van der Waals surface area contributed by atoms with E-state index in [2.05, 4.69) is 4.08 Å². The lowest BCUT2D eigenvalue weighted by atomic mass is 10.2. The van der Waals surface area contributed by atoms with Gasteiger partial charge in [-0.15, -0.1) is 0 Å². The number of hydrogen-bond acceptors (Lipinski definition) is 3. The molecule has 0 aromatic heterocycles. The Kier molecular flexibility index (Phi) is 3.76. The smallest absolute Gasteiger partial charge is 0.169 e. The summed E-state index contributed by atoms with van der Waals surface area (Å²) in [5.74, 6) is 0.513. The number of benzene rings is 1. The number of rotatable bonds is 3. The molecule has 0 amide bonds. The lowest BCUT2D eigenvalue weighted by Crippen LogP contribution is -2.01. The van der Waals surface area contributed by atoms with Crippen molar-refractivity contribution < 1.29 is 13.5 Å². The van der Waals surface area contributed by atoms with Gasteiger partial charge in [-0.25, -0.2) is 4.08 Å². The molecule has 1 rings (SSSR count). The van der Waals surface area contributed by atoms with Crippen molar-refractivity contribution in [3.05, 3.63) is 29.8 Å². The zero-order valence-electron chi connectivity index (χ0n) is 6.36. The fourth-order valence-electron chi connectivity index (χ4n) is 0.753. The van der Waals surface area contributed by atoms with E-state index in [1.807, 2.05) is 19.1 Å². The first-order chi connectivity index (χ1) is 5.74. The highest BCUT2D eigenvalue weighted by molar-refractivity contribution is 7.40. The second kappa shape index (κ2) is 4.63. The Morgan fingerprint density at radius 1 is 1.42 bits per heavy atom. The zero-order valence-corrected chi connectivity index (χ0v) is 8.01. The topological polar surface area (TPSA) is 41.5 Å². The summed E-state index contributed by atoms with van der Waals surface area (Å²) in [6, 6.07) is 7.17. The molecule has 1 unspecified atom stereocenters. The Hall–Kier alpha value is -0.340. The van der Waals surface area contributed by atoms with E-state index in [1.165, 1.54) is 0 Å². The first-order valence-corrected chi connectivity index (χ1v) is 4.64. The average molecular weight is 206 g/mol. The summed E-state index contributed by atoms with van der Waals surface area (Å²) < 4.78 is 8.82. The molecule has 0 saturated carbocycles. The van der Waals surface area contributed by atoms with Crippen LogP contribution in [0.15, 0.2) is 24.3 Å². The van der Waals surface area contributed by atoms with Crippen molar-refractivity contribution in [2.24, 2.45) is 0 Å². The number of halogens is 1. The van der Waals surface area contributed by atoms with Crippen LogP contribution in [0.25, 0.3) is 0 Å². The molecule has 0 radical (unpaired) electrons. The van der Waals surface area contributed by atoms with Gasteiger partial charge in [0, 0.05) is 0 Å². The normalized spacial score (nSPS) is 12.6. The van der Waals surface area contributed by atoms with Gasteiger partial charge in [-0.1, -0.05) is 18.2 Å². The Bertz CT molecular complexity index is 256. The van der Waals surface area contributed by atoms with Crippen molar-refractivity contribution in [2.45, 2.75) is 6.92 Å². The standard InChI is InChI=1S/C7H7ClO3P/c1-6-4-2-3-5-7(6)10-12(9)11-8/h2-5H,1H3/q-1. The maximum absolute atomic E-state index is 10.7. The molecule has 0 bridgehead atoms. The highest BCUT2D eigenvalue weighted by Crippen LogP contribution is 2.33. The van der Waals surface area contributed by atoms with E-state index >= 15 is 0 Å². The van der Waals surface area contributed by atoms with Crippen molar-refractivity contribution in [3.63, 3.8) is 0 Å². The van der Waals surface area contributed by atoms with Crippen LogP contribution in [-0.4, -0.2) is 0 Å². The number of hydrogen-bond donors (Lipinski definition) is 0. The Morgan fingerprint density at radius 3 is 2.67 bits per heavy atom. The van der Waals surface area contributed by atoms with Crippen LogP contribution < -0.4 is 9.42 Å². The van der Waals surface area contributed by atoms with Gasteiger partial charge in [0.05, 0.1) is 11.9 Å². The summed E-state index contributed by atoms with van der Waals surface area (Å²) in [6.07, 6.45) is 0. The second-order valence-electron chi connectivity index (χ2n) is 2.15. The summed E-state index contributed by atoms with van der Waals surface area (Å²) in [6.45, 7) is 1.84. The van der Waals surface area contributed by atoms with Crippen molar-refractivity contribution in [3.8, 4) is 5.75 Å². The van der Waals surface area contributed by atoms with E-state index in [4.69, 9.17) is 16.4 Å². The van der Waals surface area contributed by atoms with Gasteiger partial charge in [0.15, 0.2) is 8.60 Å². The lowest BCUT2D eigenvalue weighted by molar-refractivity contribution is -0.188. The monoisotopic (exact) mass is 205 g/mol. The van der Waals surface area contributed by atoms with Crippen molar-refractivity contribution in [1.29, 1.82) is 0 Å². The van der Waals surface area contributed by atoms with Crippen LogP contribution in [0.5, 0.6) is 5.75 Å². The van der Waals surface area contributed by atoms with Gasteiger partial charge in [0.25, 0.3) is 0 Å². The first-order valence-electron chi connectivity index (χ1n) is 3.23. The van der Waals surface area contributed by atoms with E-state index < -0.39 is 8.60 Å². The molecule has 0 N–H and O–H groups in total. The average Bonchev–Trinajstić information content (AvgIpc) is 2.09. The van der Waals surface area contributed by atoms with E-state index in [0.717, 1.165) is 5.56 Å². The summed E-state index contributed by atoms with van der Waals surface area (Å²) in [4.78, 5) is 10.7. The van der Waals surface area contributed by atoms with Gasteiger partial charge in [0.2, 0.25) is 0 Å². The predicted molar refractivity (Wildman–Crippen MR) is 45.7 cm³/mol. The van der Waals surface area contributed by atoms with E-state index in [0.29, 0.717) is 5.75 Å². The summed E-state index contributed by atoms with van der Waals surface area (Å²) >= 11 is 4.85. The quantitative estimate of drug-likeness (QED) is 0.710. The zero-order chi connectivity index (χ0) is 8.97. The maximum atomic E-state index is 10.7. The molecule has 0 spiro atoms. The van der Waals surface area contributed by atoms with E-state index in [-0.39, 0.29) is 0 Å². The minimum atomic E-state index is -2.26. The molecule has 0 aliphatic carbocycles. The Labute approximate surface area is 77.1 Å². The van der Waals surface area contributed by atoms with E-state index in [1.54, 1.807) is 12.1 Å². The molecule has 1 aromatic carbocycles. The molecule has 0 aliphatic heterocycles. The number of para-hydroxylation sites is 1. The van der Waals surface area contributed by atoms with Crippen molar-refractivity contribution >= 4 is 20.5 Å². The molecule has 0 aliphatic rings. The minimum Gasteiger partial charge on any atom is -0.775 e. The van der Waals surface area contributed by atoms with Gasteiger partial charge < -0.3 is 9.42 Å². The summed E-state index contributed by atoms with van der Waals surface area (Å²) in [7, 11) is -2.26. The number of aryl methyl sites for hydroxylation is 1. The third-order valence-corrected chi connectivity index (χ3v) is 2.12. The third-order valence-electron chi connectivity index (χ3n) is 1.32. The van der Waals surface area contributed by atoms with Gasteiger partial charge in [-0.3, -0.25) is 0 Å². The molecule has 3 nitrogen and oxygen atoms in total. The lowest BCUT2D eigenvalue weighted by Gasteiger charge is -2.18. The molecular formula is C7H7ClO3P-. The van der Waals surface area contributed by atoms with Crippen LogP contribution in [0, 0.1) is 6.92 Å². The summed E-state index contributed by atoms with van der Waals surface area (Å²) in [5.41, 5.74) is 0.884. The highest BCUT2D eigenvalue weighted by atomic mass is 35.5. The van der Waals surface area contributed by atoms with Crippen LogP contribution >= 0.6 is 20.5 Å². The first kappa shape index (κ1) is 9.75. The molecule has 12 heavy (non-hydrogen) atoms. The molecule has 0 fully saturated rings. The van der Waals surface area contributed by atoms with Crippen LogP contribution in [0.1, 0.15) is 5.56 Å². The Morgan fingerprint density at radius 2 is 2.08 bits per heavy atom. The van der Waals surface area contributed by atoms with Crippen LogP contribution in [-0.2, 0) is 4.08 Å². The van der Waals surface area contributed by atoms with Gasteiger partial charge in [-0.2, -0.15) is 0 Å². The second-order valence-corrected chi connectivity index (χ2v) is 3.33. The fraction of sp³-hybridized carbons (Fsp3) is 0.143. The van der Waals surface area contributed by atoms with Crippen LogP contribution in [0.3, 0.4) is 0 Å². The molecule has 66 valence electrons. The highest BCUT2D eigenvalue weighted by Gasteiger charge is 1.99. The maximum Gasteiger partial charge on any atom is 0.169 e. The van der Waals surface area contributed by atoms with Gasteiger partial charge >= 0.3 is 0 Å². The third kappa shape index (κ3) is 2.61. The minimum absolute atomic E-state index is 0.513. The predicted octanol–water partition coefficient (Wildman–Crippen LogP) is 2.13. The molecule has 0 heterocycles. The molecule has 1 atom stereocenters. The molecule has 5 heteroatoms. The van der Waals surface area contributed by atoms with Crippen LogP contribution in [0.2, 0.25) is 0 Å². The largest absolute Gasteiger partial charge is 0.775 e. The summed E-state index contributed by atoms with van der Waals surface area (Å²) in [5, 5.41) is 0.